The summed E-state index contributed by atoms with van der Waals surface area (Å²) in [5.41, 5.74) is 0.630. The quantitative estimate of drug-likeness (QED) is 0.866. The summed E-state index contributed by atoms with van der Waals surface area (Å²) < 4.78 is 14.5. The van der Waals surface area contributed by atoms with Crippen molar-refractivity contribution in [3.05, 3.63) is 34.5 Å². The van der Waals surface area contributed by atoms with Gasteiger partial charge in [-0.15, -0.1) is 0 Å². The van der Waals surface area contributed by atoms with Gasteiger partial charge in [-0.1, -0.05) is 11.6 Å². The van der Waals surface area contributed by atoms with E-state index in [2.05, 4.69) is 4.37 Å². The van der Waals surface area contributed by atoms with Crippen LogP contribution in [0, 0.1) is 22.7 Å². The molecule has 1 aromatic carbocycles. The third-order valence-electron chi connectivity index (χ3n) is 2.23. The normalized spacial score (nSPS) is 9.47. The van der Waals surface area contributed by atoms with E-state index in [9.17, 15) is 0 Å². The summed E-state index contributed by atoms with van der Waals surface area (Å²) in [4.78, 5) is 0. The number of nitrogens with zero attached hydrogens (tertiary/aromatic N) is 3. The Labute approximate surface area is 118 Å². The first-order valence-corrected chi connectivity index (χ1v) is 6.16. The molecule has 0 spiro atoms. The molecule has 19 heavy (non-hydrogen) atoms. The molecule has 0 amide bonds. The number of hydrogen-bond donors (Lipinski definition) is 0. The smallest absolute Gasteiger partial charge is 0.219 e. The number of halogens is 1. The largest absolute Gasteiger partial charge is 0.493 e. The molecule has 7 heteroatoms. The highest BCUT2D eigenvalue weighted by Gasteiger charge is 2.16. The minimum absolute atomic E-state index is 0.107. The van der Waals surface area contributed by atoms with Crippen LogP contribution in [-0.4, -0.2) is 11.5 Å². The topological polar surface area (TPSA) is 78.9 Å². The highest BCUT2D eigenvalue weighted by molar-refractivity contribution is 7.08. The maximum atomic E-state index is 8.95. The van der Waals surface area contributed by atoms with Gasteiger partial charge in [0.2, 0.25) is 5.06 Å². The molecule has 1 heterocycles. The van der Waals surface area contributed by atoms with Crippen LogP contribution in [0.15, 0.2) is 18.2 Å². The molecule has 0 saturated carbocycles. The number of benzene rings is 1. The fraction of sp³-hybridized carbons (Fsp3) is 0.0833. The van der Waals surface area contributed by atoms with Crippen LogP contribution >= 0.6 is 23.1 Å². The standard InChI is InChI=1S/C12H6ClN3O2S/c1-17-10-4-7(5-14)2-3-9(10)18-12-8(6-15)11(13)16-19-12/h2-4H,1H3. The van der Waals surface area contributed by atoms with E-state index in [1.807, 2.05) is 12.1 Å². The molecule has 94 valence electrons. The summed E-state index contributed by atoms with van der Waals surface area (Å²) in [6.45, 7) is 0. The van der Waals surface area contributed by atoms with Crippen LogP contribution in [0.3, 0.4) is 0 Å². The van der Waals surface area contributed by atoms with Crippen LogP contribution in [-0.2, 0) is 0 Å². The highest BCUT2D eigenvalue weighted by Crippen LogP contribution is 2.37. The molecule has 0 radical (unpaired) electrons. The highest BCUT2D eigenvalue weighted by atomic mass is 35.5. The summed E-state index contributed by atoms with van der Waals surface area (Å²) in [5.74, 6) is 0.783. The molecule has 0 aliphatic rings. The fourth-order valence-electron chi connectivity index (χ4n) is 1.34. The Bertz CT molecular complexity index is 700. The monoisotopic (exact) mass is 291 g/mol. The van der Waals surface area contributed by atoms with E-state index in [-0.39, 0.29) is 15.8 Å². The number of hydrogen-bond acceptors (Lipinski definition) is 6. The molecule has 0 unspecified atom stereocenters. The van der Waals surface area contributed by atoms with Crippen molar-refractivity contribution in [1.82, 2.24) is 4.37 Å². The summed E-state index contributed by atoms with van der Waals surface area (Å²) in [6.07, 6.45) is 0. The Morgan fingerprint density at radius 2 is 2.05 bits per heavy atom. The van der Waals surface area contributed by atoms with Gasteiger partial charge in [-0.05, 0) is 12.1 Å². The van der Waals surface area contributed by atoms with Crippen LogP contribution in [0.5, 0.6) is 16.6 Å². The van der Waals surface area contributed by atoms with E-state index in [4.69, 9.17) is 31.6 Å². The van der Waals surface area contributed by atoms with Crippen LogP contribution in [0.4, 0.5) is 0 Å². The van der Waals surface area contributed by atoms with Gasteiger partial charge in [0.15, 0.2) is 16.7 Å². The lowest BCUT2D eigenvalue weighted by Gasteiger charge is -2.08. The van der Waals surface area contributed by atoms with Crippen molar-refractivity contribution in [3.63, 3.8) is 0 Å². The van der Waals surface area contributed by atoms with Gasteiger partial charge in [0.05, 0.1) is 18.7 Å². The molecular formula is C12H6ClN3O2S. The van der Waals surface area contributed by atoms with Crippen molar-refractivity contribution < 1.29 is 9.47 Å². The predicted octanol–water partition coefficient (Wildman–Crippen LogP) is 3.34. The Kier molecular flexibility index (Phi) is 3.86. The predicted molar refractivity (Wildman–Crippen MR) is 69.6 cm³/mol. The summed E-state index contributed by atoms with van der Waals surface area (Å²) in [6, 6.07) is 8.65. The van der Waals surface area contributed by atoms with Crippen molar-refractivity contribution in [2.24, 2.45) is 0 Å². The van der Waals surface area contributed by atoms with Crippen molar-refractivity contribution in [2.45, 2.75) is 0 Å². The van der Waals surface area contributed by atoms with Crippen LogP contribution in [0.1, 0.15) is 11.1 Å². The average Bonchev–Trinajstić information content (AvgIpc) is 2.79. The minimum atomic E-state index is 0.107. The number of nitriles is 2. The Hall–Kier alpha value is -2.28. The van der Waals surface area contributed by atoms with E-state index in [0.717, 1.165) is 11.5 Å². The van der Waals surface area contributed by atoms with E-state index in [1.54, 1.807) is 18.2 Å². The first-order chi connectivity index (χ1) is 9.19. The summed E-state index contributed by atoms with van der Waals surface area (Å²) in [7, 11) is 1.47. The molecule has 0 saturated heterocycles. The molecule has 5 nitrogen and oxygen atoms in total. The molecule has 0 N–H and O–H groups in total. The lowest BCUT2D eigenvalue weighted by atomic mass is 10.2. The van der Waals surface area contributed by atoms with Crippen molar-refractivity contribution in [2.75, 3.05) is 7.11 Å². The van der Waals surface area contributed by atoms with E-state index < -0.39 is 0 Å². The van der Waals surface area contributed by atoms with Crippen LogP contribution in [0.2, 0.25) is 5.15 Å². The number of ether oxygens (including phenoxy) is 2. The Morgan fingerprint density at radius 1 is 1.26 bits per heavy atom. The van der Waals surface area contributed by atoms with Gasteiger partial charge >= 0.3 is 0 Å². The van der Waals surface area contributed by atoms with Gasteiger partial charge in [0, 0.05) is 17.6 Å². The molecule has 0 aliphatic heterocycles. The maximum Gasteiger partial charge on any atom is 0.219 e. The second-order valence-corrected chi connectivity index (χ2v) is 4.42. The third-order valence-corrected chi connectivity index (χ3v) is 3.33. The zero-order chi connectivity index (χ0) is 13.8. The second-order valence-electron chi connectivity index (χ2n) is 3.33. The van der Waals surface area contributed by atoms with Gasteiger partial charge < -0.3 is 9.47 Å². The van der Waals surface area contributed by atoms with Gasteiger partial charge in [-0.3, -0.25) is 0 Å². The lowest BCUT2D eigenvalue weighted by Crippen LogP contribution is -1.91. The van der Waals surface area contributed by atoms with Crippen LogP contribution in [0.25, 0.3) is 0 Å². The number of aromatic nitrogens is 1. The maximum absolute atomic E-state index is 8.95. The zero-order valence-corrected chi connectivity index (χ0v) is 11.2. The van der Waals surface area contributed by atoms with Crippen molar-refractivity contribution in [1.29, 1.82) is 10.5 Å². The second kappa shape index (κ2) is 5.57. The summed E-state index contributed by atoms with van der Waals surface area (Å²) in [5, 5.41) is 18.2. The first kappa shape index (κ1) is 13.2. The van der Waals surface area contributed by atoms with Gasteiger partial charge in [0.25, 0.3) is 0 Å². The minimum Gasteiger partial charge on any atom is -0.493 e. The Morgan fingerprint density at radius 3 is 2.68 bits per heavy atom. The lowest BCUT2D eigenvalue weighted by molar-refractivity contribution is 0.381. The molecule has 0 atom stereocenters. The molecular weight excluding hydrogens is 286 g/mol. The first-order valence-electron chi connectivity index (χ1n) is 5.01. The number of rotatable bonds is 3. The SMILES string of the molecule is COc1cc(C#N)ccc1Oc1snc(Cl)c1C#N. The van der Waals surface area contributed by atoms with Crippen LogP contribution < -0.4 is 9.47 Å². The molecule has 0 bridgehead atoms. The van der Waals surface area contributed by atoms with Crippen molar-refractivity contribution >= 4 is 23.1 Å². The molecule has 1 aromatic heterocycles. The molecule has 0 aliphatic carbocycles. The van der Waals surface area contributed by atoms with Gasteiger partial charge in [0.1, 0.15) is 11.6 Å². The van der Waals surface area contributed by atoms with Gasteiger partial charge in [-0.25, -0.2) is 0 Å². The molecule has 2 rings (SSSR count). The van der Waals surface area contributed by atoms with E-state index in [1.165, 1.54) is 7.11 Å². The molecule has 0 fully saturated rings. The van der Waals surface area contributed by atoms with Crippen molar-refractivity contribution in [3.8, 4) is 28.7 Å². The third kappa shape index (κ3) is 2.60. The average molecular weight is 292 g/mol. The fourth-order valence-corrected chi connectivity index (χ4v) is 2.24. The van der Waals surface area contributed by atoms with Gasteiger partial charge in [-0.2, -0.15) is 14.9 Å². The number of methoxy groups -OCH3 is 1. The molecule has 2 aromatic rings. The Balaban J connectivity index is 2.39. The summed E-state index contributed by atoms with van der Waals surface area (Å²) >= 11 is 6.73. The zero-order valence-electron chi connectivity index (χ0n) is 9.68. The van der Waals surface area contributed by atoms with E-state index in [0.29, 0.717) is 17.1 Å². The van der Waals surface area contributed by atoms with E-state index >= 15 is 0 Å².